The number of carbonyl (C=O) groups excluding carboxylic acids is 1. The van der Waals surface area contributed by atoms with Crippen LogP contribution in [0.15, 0.2) is 85.1 Å². The summed E-state index contributed by atoms with van der Waals surface area (Å²) in [5.74, 6) is -0.439. The third-order valence-corrected chi connectivity index (χ3v) is 10.9. The van der Waals surface area contributed by atoms with Crippen molar-refractivity contribution in [3.63, 3.8) is 0 Å². The number of hydrogen-bond donors (Lipinski definition) is 7. The van der Waals surface area contributed by atoms with Gasteiger partial charge in [0.1, 0.15) is 54.9 Å². The maximum atomic E-state index is 12.9. The van der Waals surface area contributed by atoms with E-state index in [0.29, 0.717) is 19.4 Å². The van der Waals surface area contributed by atoms with Crippen molar-refractivity contribution in [2.75, 3.05) is 33.0 Å². The molecular weight excluding hydrogens is 837 g/mol. The van der Waals surface area contributed by atoms with Crippen molar-refractivity contribution in [2.45, 2.75) is 197 Å². The first-order chi connectivity index (χ1) is 31.6. The van der Waals surface area contributed by atoms with Crippen LogP contribution in [0.1, 0.15) is 129 Å². The molecule has 0 aromatic rings. The van der Waals surface area contributed by atoms with Crippen LogP contribution in [0, 0.1) is 0 Å². The summed E-state index contributed by atoms with van der Waals surface area (Å²) in [6, 6.07) is 0. The van der Waals surface area contributed by atoms with Gasteiger partial charge < -0.3 is 64.2 Å². The Labute approximate surface area is 389 Å². The Bertz CT molecular complexity index is 1390. The van der Waals surface area contributed by atoms with Gasteiger partial charge in [0.05, 0.1) is 26.4 Å². The fraction of sp³-hybridized carbons (Fsp3) is 0.706. The number of unbranched alkanes of at least 4 members (excludes halogenated alkanes) is 8. The van der Waals surface area contributed by atoms with Crippen LogP contribution in [-0.4, -0.2) is 142 Å². The Hall–Kier alpha value is -2.83. The monoisotopic (exact) mass is 921 g/mol. The number of aliphatic hydroxyl groups is 7. The lowest BCUT2D eigenvalue weighted by Gasteiger charge is -2.42. The summed E-state index contributed by atoms with van der Waals surface area (Å²) in [6.45, 7) is 3.43. The molecular formula is C51H84O14. The Morgan fingerprint density at radius 3 is 1.51 bits per heavy atom. The Kier molecular flexibility index (Phi) is 34.2. The average molecular weight is 921 g/mol. The second-order valence-electron chi connectivity index (χ2n) is 16.6. The quantitative estimate of drug-likeness (QED) is 0.0203. The minimum atomic E-state index is -1.72. The van der Waals surface area contributed by atoms with Crippen LogP contribution in [-0.2, 0) is 33.2 Å². The Morgan fingerprint density at radius 2 is 0.985 bits per heavy atom. The van der Waals surface area contributed by atoms with Gasteiger partial charge in [-0.15, -0.1) is 0 Å². The van der Waals surface area contributed by atoms with Gasteiger partial charge >= 0.3 is 5.97 Å². The van der Waals surface area contributed by atoms with E-state index in [0.717, 1.165) is 64.2 Å². The van der Waals surface area contributed by atoms with E-state index in [1.54, 1.807) is 0 Å². The molecule has 372 valence electrons. The van der Waals surface area contributed by atoms with Crippen LogP contribution in [0.25, 0.3) is 0 Å². The molecule has 0 amide bonds. The van der Waals surface area contributed by atoms with E-state index in [4.69, 9.17) is 28.4 Å². The summed E-state index contributed by atoms with van der Waals surface area (Å²) >= 11 is 0. The number of aliphatic hydroxyl groups excluding tert-OH is 7. The molecule has 14 nitrogen and oxygen atoms in total. The average Bonchev–Trinajstić information content (AvgIpc) is 3.30. The highest BCUT2D eigenvalue weighted by molar-refractivity contribution is 5.69. The first kappa shape index (κ1) is 58.3. The van der Waals surface area contributed by atoms with Gasteiger partial charge in [0.2, 0.25) is 0 Å². The van der Waals surface area contributed by atoms with Gasteiger partial charge in [0.15, 0.2) is 12.6 Å². The van der Waals surface area contributed by atoms with Crippen molar-refractivity contribution in [1.82, 2.24) is 0 Å². The molecule has 65 heavy (non-hydrogen) atoms. The lowest BCUT2D eigenvalue weighted by Crippen LogP contribution is -2.61. The Morgan fingerprint density at radius 1 is 0.523 bits per heavy atom. The molecule has 2 aliphatic rings. The van der Waals surface area contributed by atoms with E-state index in [-0.39, 0.29) is 19.6 Å². The summed E-state index contributed by atoms with van der Waals surface area (Å²) in [7, 11) is 0. The molecule has 0 spiro atoms. The molecule has 0 bridgehead atoms. The van der Waals surface area contributed by atoms with Gasteiger partial charge in [-0.3, -0.25) is 4.79 Å². The highest BCUT2D eigenvalue weighted by atomic mass is 16.7. The summed E-state index contributed by atoms with van der Waals surface area (Å²) in [6.07, 6.45) is 31.0. The molecule has 14 heteroatoms. The van der Waals surface area contributed by atoms with Crippen LogP contribution >= 0.6 is 0 Å². The number of ether oxygens (including phenoxy) is 6. The zero-order chi connectivity index (χ0) is 47.3. The summed E-state index contributed by atoms with van der Waals surface area (Å²) < 4.78 is 34.0. The number of rotatable bonds is 36. The highest BCUT2D eigenvalue weighted by Gasteiger charge is 2.47. The number of allylic oxidation sites excluding steroid dienone is 14. The summed E-state index contributed by atoms with van der Waals surface area (Å²) in [5.41, 5.74) is 0. The number of esters is 1. The third-order valence-electron chi connectivity index (χ3n) is 10.9. The van der Waals surface area contributed by atoms with Gasteiger partial charge in [-0.2, -0.15) is 0 Å². The molecule has 2 fully saturated rings. The molecule has 2 aliphatic heterocycles. The molecule has 0 aliphatic carbocycles. The van der Waals surface area contributed by atoms with E-state index in [9.17, 15) is 40.5 Å². The molecule has 11 unspecified atom stereocenters. The van der Waals surface area contributed by atoms with Crippen molar-refractivity contribution in [2.24, 2.45) is 0 Å². The van der Waals surface area contributed by atoms with Gasteiger partial charge in [0.25, 0.3) is 0 Å². The van der Waals surface area contributed by atoms with E-state index < -0.39 is 86.7 Å². The molecule has 7 N–H and O–H groups in total. The van der Waals surface area contributed by atoms with E-state index in [1.165, 1.54) is 32.1 Å². The predicted molar refractivity (Wildman–Crippen MR) is 251 cm³/mol. The maximum absolute atomic E-state index is 12.9. The van der Waals surface area contributed by atoms with Crippen molar-refractivity contribution in [3.05, 3.63) is 85.1 Å². The Balaban J connectivity index is 1.77. The highest BCUT2D eigenvalue weighted by Crippen LogP contribution is 2.26. The third kappa shape index (κ3) is 26.3. The van der Waals surface area contributed by atoms with E-state index in [1.807, 2.05) is 6.08 Å². The van der Waals surface area contributed by atoms with Crippen LogP contribution in [0.5, 0.6) is 0 Å². The lowest BCUT2D eigenvalue weighted by atomic mass is 9.98. The minimum Gasteiger partial charge on any atom is -0.457 e. The van der Waals surface area contributed by atoms with Crippen molar-refractivity contribution < 1.29 is 69.0 Å². The standard InChI is InChI=1S/C51H84O14/c1-3-5-7-9-11-13-14-15-16-17-18-19-20-21-22-23-24-25-26-27-28-30-32-34-43(53)63-40(37-60-35-33-31-29-12-10-8-6-4-2)38-61-50-49(59)47(57)45(55)42(65-50)39-62-51-48(58)46(56)44(54)41(36-52)64-51/h5,7,11,13,15-16,18-19,21-22,24-25,27-28,40-42,44-52,54-59H,3-4,6,8-10,12,14,17,20,23,26,29-39H2,1-2H3/b7-5-,13-11-,16-15-,19-18-,22-21-,25-24-,28-27-. The molecule has 0 saturated carbocycles. The van der Waals surface area contributed by atoms with E-state index in [2.05, 4.69) is 92.8 Å². The van der Waals surface area contributed by atoms with Gasteiger partial charge in [-0.1, -0.05) is 144 Å². The zero-order valence-electron chi connectivity index (χ0n) is 39.2. The van der Waals surface area contributed by atoms with Gasteiger partial charge in [-0.25, -0.2) is 0 Å². The molecule has 2 heterocycles. The predicted octanol–water partition coefficient (Wildman–Crippen LogP) is 6.51. The normalized spacial score (nSPS) is 27.3. The summed E-state index contributed by atoms with van der Waals surface area (Å²) in [4.78, 5) is 12.9. The van der Waals surface area contributed by atoms with Crippen LogP contribution in [0.3, 0.4) is 0 Å². The SMILES string of the molecule is CC/C=C\C/C=C\C/C=C\C/C=C\C/C=C\C/C=C\C/C=C\CCCC(=O)OC(COCCCCCCCCCC)COC1OC(COC2OC(CO)C(O)C(O)C2O)C(O)C(O)C1O. The second kappa shape index (κ2) is 38.2. The smallest absolute Gasteiger partial charge is 0.306 e. The van der Waals surface area contributed by atoms with Gasteiger partial charge in [-0.05, 0) is 64.2 Å². The van der Waals surface area contributed by atoms with Crippen LogP contribution in [0.4, 0.5) is 0 Å². The molecule has 0 aromatic carbocycles. The van der Waals surface area contributed by atoms with Gasteiger partial charge in [0, 0.05) is 13.0 Å². The van der Waals surface area contributed by atoms with Crippen molar-refractivity contribution in [3.8, 4) is 0 Å². The fourth-order valence-corrected chi connectivity index (χ4v) is 6.98. The van der Waals surface area contributed by atoms with Crippen molar-refractivity contribution >= 4 is 5.97 Å². The number of carbonyl (C=O) groups is 1. The molecule has 11 atom stereocenters. The summed E-state index contributed by atoms with van der Waals surface area (Å²) in [5, 5.41) is 71.9. The first-order valence-electron chi connectivity index (χ1n) is 24.2. The lowest BCUT2D eigenvalue weighted by molar-refractivity contribution is -0.332. The topological polar surface area (TPSA) is 214 Å². The first-order valence-corrected chi connectivity index (χ1v) is 24.2. The largest absolute Gasteiger partial charge is 0.457 e. The molecule has 0 aromatic heterocycles. The second-order valence-corrected chi connectivity index (χ2v) is 16.6. The fourth-order valence-electron chi connectivity index (χ4n) is 6.98. The van der Waals surface area contributed by atoms with Crippen molar-refractivity contribution in [1.29, 1.82) is 0 Å². The molecule has 0 radical (unpaired) electrons. The molecule has 2 saturated heterocycles. The molecule has 2 rings (SSSR count). The van der Waals surface area contributed by atoms with Crippen LogP contribution in [0.2, 0.25) is 0 Å². The number of hydrogen-bond acceptors (Lipinski definition) is 14. The maximum Gasteiger partial charge on any atom is 0.306 e. The minimum absolute atomic E-state index is 0.0335. The zero-order valence-corrected chi connectivity index (χ0v) is 39.2. The van der Waals surface area contributed by atoms with E-state index >= 15 is 0 Å². The van der Waals surface area contributed by atoms with Crippen LogP contribution < -0.4 is 0 Å².